The van der Waals surface area contributed by atoms with Crippen LogP contribution in [0.5, 0.6) is 5.75 Å². The Morgan fingerprint density at radius 2 is 1.92 bits per heavy atom. The van der Waals surface area contributed by atoms with E-state index in [1.54, 1.807) is 0 Å². The molecule has 0 aromatic heterocycles. The number of carbonyl (C=O) groups is 1. The zero-order chi connectivity index (χ0) is 18.3. The van der Waals surface area contributed by atoms with Crippen LogP contribution in [0.25, 0.3) is 0 Å². The van der Waals surface area contributed by atoms with Crippen LogP contribution < -0.4 is 10.5 Å². The molecule has 1 aliphatic rings. The van der Waals surface area contributed by atoms with Crippen LogP contribution in [-0.2, 0) is 17.6 Å². The molecule has 24 heavy (non-hydrogen) atoms. The van der Waals surface area contributed by atoms with Gasteiger partial charge in [-0.15, -0.1) is 0 Å². The lowest BCUT2D eigenvalue weighted by Gasteiger charge is -2.27. The number of primary amides is 1. The van der Waals surface area contributed by atoms with Crippen LogP contribution in [-0.4, -0.2) is 29.0 Å². The Kier molecular flexibility index (Phi) is 4.86. The third kappa shape index (κ3) is 3.51. The van der Waals surface area contributed by atoms with Gasteiger partial charge in [0.15, 0.2) is 0 Å². The molecule has 1 aromatic carbocycles. The second-order valence-electron chi connectivity index (χ2n) is 7.72. The number of hydrogen-bond donors (Lipinski definition) is 2. The molecule has 1 amide bonds. The fraction of sp³-hybridized carbons (Fsp3) is 0.632. The van der Waals surface area contributed by atoms with Crippen LogP contribution in [0.4, 0.5) is 4.79 Å². The highest BCUT2D eigenvalue weighted by molar-refractivity contribution is 5.65. The summed E-state index contributed by atoms with van der Waals surface area (Å²) in [5.74, 6) is 0.943. The van der Waals surface area contributed by atoms with Crippen molar-refractivity contribution in [3.63, 3.8) is 0 Å². The van der Waals surface area contributed by atoms with E-state index < -0.39 is 11.7 Å². The fourth-order valence-electron chi connectivity index (χ4n) is 3.64. The molecule has 0 fully saturated rings. The van der Waals surface area contributed by atoms with Gasteiger partial charge in [0.1, 0.15) is 17.0 Å². The van der Waals surface area contributed by atoms with E-state index in [4.69, 9.17) is 15.2 Å². The fourth-order valence-corrected chi connectivity index (χ4v) is 3.64. The highest BCUT2D eigenvalue weighted by Gasteiger charge is 2.38. The van der Waals surface area contributed by atoms with Gasteiger partial charge < -0.3 is 20.3 Å². The highest BCUT2D eigenvalue weighted by atomic mass is 16.6. The number of fused-ring (bicyclic) bond motifs is 1. The normalized spacial score (nSPS) is 19.8. The van der Waals surface area contributed by atoms with Gasteiger partial charge in [-0.3, -0.25) is 0 Å². The first-order valence-electron chi connectivity index (χ1n) is 8.39. The lowest BCUT2D eigenvalue weighted by Crippen LogP contribution is -2.33. The molecule has 1 heterocycles. The first kappa shape index (κ1) is 18.6. The van der Waals surface area contributed by atoms with E-state index in [1.807, 2.05) is 20.8 Å². The quantitative estimate of drug-likeness (QED) is 0.866. The summed E-state index contributed by atoms with van der Waals surface area (Å²) in [5, 5.41) is 9.32. The minimum absolute atomic E-state index is 0.105. The molecule has 0 bridgehead atoms. The number of nitrogens with two attached hydrogens (primary N) is 1. The molecule has 5 nitrogen and oxygen atoms in total. The Morgan fingerprint density at radius 1 is 1.29 bits per heavy atom. The van der Waals surface area contributed by atoms with Crippen molar-refractivity contribution in [3.8, 4) is 5.75 Å². The van der Waals surface area contributed by atoms with Crippen LogP contribution >= 0.6 is 0 Å². The summed E-state index contributed by atoms with van der Waals surface area (Å²) in [6.07, 6.45) is 1.22. The number of rotatable bonds is 5. The van der Waals surface area contributed by atoms with Gasteiger partial charge in [-0.1, -0.05) is 0 Å². The van der Waals surface area contributed by atoms with Crippen molar-refractivity contribution in [1.29, 1.82) is 0 Å². The predicted octanol–water partition coefficient (Wildman–Crippen LogP) is 3.10. The molecule has 0 spiro atoms. The zero-order valence-electron chi connectivity index (χ0n) is 15.6. The van der Waals surface area contributed by atoms with E-state index in [0.717, 1.165) is 23.3 Å². The Balaban J connectivity index is 2.44. The largest absolute Gasteiger partial charge is 0.487 e. The van der Waals surface area contributed by atoms with Crippen molar-refractivity contribution < 1.29 is 19.4 Å². The lowest BCUT2D eigenvalue weighted by molar-refractivity contribution is 0.0457. The van der Waals surface area contributed by atoms with Crippen molar-refractivity contribution in [2.24, 2.45) is 5.73 Å². The monoisotopic (exact) mass is 335 g/mol. The standard InChI is InChI=1S/C19H29NO4/c1-11-12(2)16-15(10-19(6,23-16)7-8-21)13(3)14(11)9-18(4,5)24-17(20)22/h21H,7-10H2,1-6H3,(H2,20,22). The van der Waals surface area contributed by atoms with Gasteiger partial charge in [-0.05, 0) is 63.8 Å². The summed E-state index contributed by atoms with van der Waals surface area (Å²) in [5.41, 5.74) is 9.97. The minimum Gasteiger partial charge on any atom is -0.487 e. The Morgan fingerprint density at radius 3 is 2.46 bits per heavy atom. The van der Waals surface area contributed by atoms with E-state index in [2.05, 4.69) is 20.8 Å². The van der Waals surface area contributed by atoms with Gasteiger partial charge >= 0.3 is 6.09 Å². The molecule has 134 valence electrons. The molecule has 0 radical (unpaired) electrons. The summed E-state index contributed by atoms with van der Waals surface area (Å²) < 4.78 is 11.5. The smallest absolute Gasteiger partial charge is 0.405 e. The third-order valence-corrected chi connectivity index (χ3v) is 5.05. The zero-order valence-corrected chi connectivity index (χ0v) is 15.6. The summed E-state index contributed by atoms with van der Waals surface area (Å²) in [7, 11) is 0. The third-order valence-electron chi connectivity index (χ3n) is 5.05. The summed E-state index contributed by atoms with van der Waals surface area (Å²) in [6, 6.07) is 0. The van der Waals surface area contributed by atoms with Gasteiger partial charge in [0.25, 0.3) is 0 Å². The second kappa shape index (κ2) is 6.28. The molecule has 0 saturated heterocycles. The van der Waals surface area contributed by atoms with Crippen molar-refractivity contribution in [1.82, 2.24) is 0 Å². The van der Waals surface area contributed by atoms with Crippen LogP contribution in [0.2, 0.25) is 0 Å². The first-order chi connectivity index (χ1) is 11.0. The Labute approximate surface area is 144 Å². The first-order valence-corrected chi connectivity index (χ1v) is 8.39. The second-order valence-corrected chi connectivity index (χ2v) is 7.72. The molecule has 1 atom stereocenters. The van der Waals surface area contributed by atoms with Crippen LogP contribution in [0, 0.1) is 20.8 Å². The number of aliphatic hydroxyl groups is 1. The van der Waals surface area contributed by atoms with Gasteiger partial charge in [-0.2, -0.15) is 0 Å². The van der Waals surface area contributed by atoms with E-state index >= 15 is 0 Å². The molecule has 3 N–H and O–H groups in total. The molecule has 1 aromatic rings. The maximum Gasteiger partial charge on any atom is 0.405 e. The lowest BCUT2D eigenvalue weighted by atomic mass is 9.84. The van der Waals surface area contributed by atoms with Crippen LogP contribution in [0.1, 0.15) is 55.0 Å². The molecule has 5 heteroatoms. The Hall–Kier alpha value is -1.75. The molecular formula is C19H29NO4. The van der Waals surface area contributed by atoms with E-state index in [-0.39, 0.29) is 12.2 Å². The van der Waals surface area contributed by atoms with Crippen molar-refractivity contribution >= 4 is 6.09 Å². The Bertz CT molecular complexity index is 666. The molecular weight excluding hydrogens is 306 g/mol. The van der Waals surface area contributed by atoms with E-state index in [0.29, 0.717) is 12.8 Å². The highest BCUT2D eigenvalue weighted by Crippen LogP contribution is 2.44. The van der Waals surface area contributed by atoms with Crippen molar-refractivity contribution in [2.75, 3.05) is 6.61 Å². The summed E-state index contributed by atoms with van der Waals surface area (Å²) in [4.78, 5) is 11.1. The number of amides is 1. The maximum atomic E-state index is 11.1. The summed E-state index contributed by atoms with van der Waals surface area (Å²) >= 11 is 0. The number of ether oxygens (including phenoxy) is 2. The average Bonchev–Trinajstić information content (AvgIpc) is 2.78. The molecule has 1 unspecified atom stereocenters. The maximum absolute atomic E-state index is 11.1. The van der Waals surface area contributed by atoms with Gasteiger partial charge in [0.2, 0.25) is 0 Å². The van der Waals surface area contributed by atoms with Crippen molar-refractivity contribution in [3.05, 3.63) is 27.8 Å². The molecule has 1 aliphatic heterocycles. The van der Waals surface area contributed by atoms with Crippen LogP contribution in [0.3, 0.4) is 0 Å². The molecule has 0 aliphatic carbocycles. The number of carbonyl (C=O) groups excluding carboxylic acids is 1. The topological polar surface area (TPSA) is 81.8 Å². The number of aliphatic hydroxyl groups excluding tert-OH is 1. The molecule has 0 saturated carbocycles. The molecule has 2 rings (SSSR count). The summed E-state index contributed by atoms with van der Waals surface area (Å²) in [6.45, 7) is 12.1. The van der Waals surface area contributed by atoms with E-state index in [9.17, 15) is 9.90 Å². The van der Waals surface area contributed by atoms with Gasteiger partial charge in [0.05, 0.1) is 0 Å². The SMILES string of the molecule is Cc1c(C)c2c(c(C)c1CC(C)(C)OC(N)=O)CC(C)(CCO)O2. The van der Waals surface area contributed by atoms with Gasteiger partial charge in [-0.25, -0.2) is 4.79 Å². The average molecular weight is 335 g/mol. The van der Waals surface area contributed by atoms with E-state index in [1.165, 1.54) is 16.7 Å². The minimum atomic E-state index is -0.757. The predicted molar refractivity (Wildman–Crippen MR) is 93.5 cm³/mol. The number of benzene rings is 1. The number of hydrogen-bond acceptors (Lipinski definition) is 4. The van der Waals surface area contributed by atoms with Crippen LogP contribution in [0.15, 0.2) is 0 Å². The van der Waals surface area contributed by atoms with Crippen molar-refractivity contribution in [2.45, 2.75) is 72.0 Å². The van der Waals surface area contributed by atoms with Gasteiger partial charge in [0, 0.05) is 31.4 Å².